The van der Waals surface area contributed by atoms with E-state index < -0.39 is 0 Å². The van der Waals surface area contributed by atoms with Gasteiger partial charge in [-0.1, -0.05) is 18.2 Å². The summed E-state index contributed by atoms with van der Waals surface area (Å²) < 4.78 is 2.17. The highest BCUT2D eigenvalue weighted by molar-refractivity contribution is 5.98. The summed E-state index contributed by atoms with van der Waals surface area (Å²) in [5.41, 5.74) is 2.36. The second-order valence-corrected chi connectivity index (χ2v) is 6.05. The third kappa shape index (κ3) is 2.13. The number of anilines is 1. The quantitative estimate of drug-likeness (QED) is 0.846. The van der Waals surface area contributed by atoms with E-state index in [2.05, 4.69) is 26.6 Å². The zero-order valence-electron chi connectivity index (χ0n) is 12.8. The average molecular weight is 296 g/mol. The maximum absolute atomic E-state index is 12.9. The second-order valence-electron chi connectivity index (χ2n) is 6.05. The number of fused-ring (bicyclic) bond motifs is 2. The van der Waals surface area contributed by atoms with E-state index >= 15 is 0 Å². The first-order valence-electron chi connectivity index (χ1n) is 7.87. The Morgan fingerprint density at radius 1 is 1.23 bits per heavy atom. The molecule has 1 aromatic heterocycles. The van der Waals surface area contributed by atoms with Gasteiger partial charge in [0.15, 0.2) is 0 Å². The number of hydrogen-bond acceptors (Lipinski definition) is 3. The van der Waals surface area contributed by atoms with Crippen molar-refractivity contribution >= 4 is 11.6 Å². The summed E-state index contributed by atoms with van der Waals surface area (Å²) in [6, 6.07) is 8.10. The SMILES string of the molecule is CC(C(=O)N1CCc2ccccc21)N1CCn2ccnc2C1. The highest BCUT2D eigenvalue weighted by Gasteiger charge is 2.32. The van der Waals surface area contributed by atoms with Gasteiger partial charge in [0.2, 0.25) is 5.91 Å². The Hall–Kier alpha value is -2.14. The summed E-state index contributed by atoms with van der Waals surface area (Å²) in [4.78, 5) is 21.5. The number of rotatable bonds is 2. The first kappa shape index (κ1) is 13.5. The molecular weight excluding hydrogens is 276 g/mol. The molecule has 2 aromatic rings. The first-order valence-corrected chi connectivity index (χ1v) is 7.87. The highest BCUT2D eigenvalue weighted by atomic mass is 16.2. The van der Waals surface area contributed by atoms with Crippen LogP contribution in [0.3, 0.4) is 0 Å². The molecule has 1 unspecified atom stereocenters. The first-order chi connectivity index (χ1) is 10.7. The molecule has 1 amide bonds. The molecular formula is C17H20N4O. The Balaban J connectivity index is 1.52. The average Bonchev–Trinajstić information content (AvgIpc) is 3.19. The summed E-state index contributed by atoms with van der Waals surface area (Å²) in [6.07, 6.45) is 4.80. The van der Waals surface area contributed by atoms with Crippen LogP contribution in [-0.4, -0.2) is 39.5 Å². The zero-order chi connectivity index (χ0) is 15.1. The summed E-state index contributed by atoms with van der Waals surface area (Å²) in [7, 11) is 0. The van der Waals surface area contributed by atoms with Crippen molar-refractivity contribution in [2.24, 2.45) is 0 Å². The normalized spacial score (nSPS) is 18.9. The van der Waals surface area contributed by atoms with Crippen LogP contribution in [0.1, 0.15) is 18.3 Å². The Bertz CT molecular complexity index is 708. The van der Waals surface area contributed by atoms with E-state index in [4.69, 9.17) is 0 Å². The van der Waals surface area contributed by atoms with E-state index in [9.17, 15) is 4.79 Å². The van der Waals surface area contributed by atoms with Crippen LogP contribution in [-0.2, 0) is 24.3 Å². The molecule has 5 nitrogen and oxygen atoms in total. The third-order valence-corrected chi connectivity index (χ3v) is 4.83. The minimum atomic E-state index is -0.114. The Morgan fingerprint density at radius 3 is 3.00 bits per heavy atom. The molecule has 22 heavy (non-hydrogen) atoms. The Labute approximate surface area is 130 Å². The van der Waals surface area contributed by atoms with Crippen molar-refractivity contribution in [1.82, 2.24) is 14.5 Å². The lowest BCUT2D eigenvalue weighted by atomic mass is 10.1. The second kappa shape index (κ2) is 5.25. The molecule has 0 saturated heterocycles. The van der Waals surface area contributed by atoms with Crippen LogP contribution in [0, 0.1) is 0 Å². The summed E-state index contributed by atoms with van der Waals surface area (Å²) >= 11 is 0. The van der Waals surface area contributed by atoms with Crippen LogP contribution >= 0.6 is 0 Å². The highest BCUT2D eigenvalue weighted by Crippen LogP contribution is 2.28. The van der Waals surface area contributed by atoms with Crippen LogP contribution in [0.2, 0.25) is 0 Å². The molecule has 0 bridgehead atoms. The Kier molecular flexibility index (Phi) is 3.22. The van der Waals surface area contributed by atoms with E-state index in [0.717, 1.165) is 44.1 Å². The number of nitrogens with zero attached hydrogens (tertiary/aromatic N) is 4. The molecule has 2 aliphatic rings. The predicted molar refractivity (Wildman–Crippen MR) is 84.6 cm³/mol. The van der Waals surface area contributed by atoms with Crippen molar-refractivity contribution in [1.29, 1.82) is 0 Å². The summed E-state index contributed by atoms with van der Waals surface area (Å²) in [5.74, 6) is 1.25. The van der Waals surface area contributed by atoms with E-state index in [0.29, 0.717) is 0 Å². The van der Waals surface area contributed by atoms with Gasteiger partial charge in [0, 0.05) is 37.7 Å². The van der Waals surface area contributed by atoms with E-state index in [1.54, 1.807) is 0 Å². The number of aromatic nitrogens is 2. The Morgan fingerprint density at radius 2 is 2.09 bits per heavy atom. The maximum atomic E-state index is 12.9. The zero-order valence-corrected chi connectivity index (χ0v) is 12.8. The van der Waals surface area contributed by atoms with Gasteiger partial charge in [-0.15, -0.1) is 0 Å². The predicted octanol–water partition coefficient (Wildman–Crippen LogP) is 1.68. The smallest absolute Gasteiger partial charge is 0.244 e. The van der Waals surface area contributed by atoms with Gasteiger partial charge in [0.05, 0.1) is 12.6 Å². The maximum Gasteiger partial charge on any atom is 0.244 e. The molecule has 0 saturated carbocycles. The number of carbonyl (C=O) groups excluding carboxylic acids is 1. The van der Waals surface area contributed by atoms with Gasteiger partial charge in [0.25, 0.3) is 0 Å². The molecule has 5 heteroatoms. The van der Waals surface area contributed by atoms with E-state index in [1.807, 2.05) is 36.4 Å². The minimum absolute atomic E-state index is 0.114. The van der Waals surface area contributed by atoms with E-state index in [1.165, 1.54) is 5.56 Å². The van der Waals surface area contributed by atoms with Crippen LogP contribution < -0.4 is 4.90 Å². The van der Waals surface area contributed by atoms with Gasteiger partial charge >= 0.3 is 0 Å². The molecule has 2 aliphatic heterocycles. The van der Waals surface area contributed by atoms with Crippen LogP contribution in [0.5, 0.6) is 0 Å². The van der Waals surface area contributed by atoms with E-state index in [-0.39, 0.29) is 11.9 Å². The van der Waals surface area contributed by atoms with Crippen LogP contribution in [0.25, 0.3) is 0 Å². The van der Waals surface area contributed by atoms with Crippen molar-refractivity contribution < 1.29 is 4.79 Å². The van der Waals surface area contributed by atoms with Crippen molar-refractivity contribution in [2.45, 2.75) is 32.5 Å². The fourth-order valence-corrected chi connectivity index (χ4v) is 3.47. The van der Waals surface area contributed by atoms with Crippen LogP contribution in [0.4, 0.5) is 5.69 Å². The number of para-hydroxylation sites is 1. The molecule has 114 valence electrons. The molecule has 0 spiro atoms. The van der Waals surface area contributed by atoms with Gasteiger partial charge in [-0.25, -0.2) is 4.98 Å². The van der Waals surface area contributed by atoms with Crippen molar-refractivity contribution in [3.63, 3.8) is 0 Å². The summed E-state index contributed by atoms with van der Waals surface area (Å²) in [5, 5.41) is 0. The fourth-order valence-electron chi connectivity index (χ4n) is 3.47. The van der Waals surface area contributed by atoms with Crippen molar-refractivity contribution in [3.05, 3.63) is 48.0 Å². The molecule has 1 atom stereocenters. The standard InChI is InChI=1S/C17H20N4O/c1-13(20-11-10-19-9-7-18-16(19)12-20)17(22)21-8-6-14-4-2-3-5-15(14)21/h2-5,7,9,13H,6,8,10-12H2,1H3. The molecule has 0 fully saturated rings. The number of amides is 1. The molecule has 1 aromatic carbocycles. The number of imidazole rings is 1. The molecule has 0 aliphatic carbocycles. The van der Waals surface area contributed by atoms with Gasteiger partial charge < -0.3 is 9.47 Å². The van der Waals surface area contributed by atoms with Gasteiger partial charge in [0.1, 0.15) is 5.82 Å². The van der Waals surface area contributed by atoms with Crippen molar-refractivity contribution in [2.75, 3.05) is 18.0 Å². The molecule has 4 rings (SSSR count). The third-order valence-electron chi connectivity index (χ3n) is 4.83. The number of benzene rings is 1. The number of hydrogen-bond donors (Lipinski definition) is 0. The molecule has 0 N–H and O–H groups in total. The molecule has 0 radical (unpaired) electrons. The summed E-state index contributed by atoms with van der Waals surface area (Å²) in [6.45, 7) is 5.36. The number of carbonyl (C=O) groups is 1. The topological polar surface area (TPSA) is 41.4 Å². The van der Waals surface area contributed by atoms with Crippen LogP contribution in [0.15, 0.2) is 36.7 Å². The monoisotopic (exact) mass is 296 g/mol. The van der Waals surface area contributed by atoms with Crippen molar-refractivity contribution in [3.8, 4) is 0 Å². The molecule has 3 heterocycles. The van der Waals surface area contributed by atoms with Gasteiger partial charge in [-0.05, 0) is 25.0 Å². The fraction of sp³-hybridized carbons (Fsp3) is 0.412. The minimum Gasteiger partial charge on any atom is -0.333 e. The van der Waals surface area contributed by atoms with Gasteiger partial charge in [-0.3, -0.25) is 9.69 Å². The lowest BCUT2D eigenvalue weighted by Crippen LogP contribution is -2.49. The van der Waals surface area contributed by atoms with Gasteiger partial charge in [-0.2, -0.15) is 0 Å². The lowest BCUT2D eigenvalue weighted by molar-refractivity contribution is -0.123. The largest absolute Gasteiger partial charge is 0.333 e. The lowest BCUT2D eigenvalue weighted by Gasteiger charge is -2.34.